The molecule has 0 unspecified atom stereocenters. The number of esters is 1. The summed E-state index contributed by atoms with van der Waals surface area (Å²) in [7, 11) is 0. The number of amides is 3. The highest BCUT2D eigenvalue weighted by Gasteiger charge is 2.17. The molecule has 0 saturated carbocycles. The van der Waals surface area contributed by atoms with Crippen LogP contribution < -0.4 is 10.6 Å². The maximum Gasteiger partial charge on any atom is 0.341 e. The standard InChI is InChI=1S/C19H21N3O4S/c1-12(2)21-19(25)22-16(23)11-26-18(24)15-5-4-10-20-17(15)27-14-8-6-13(3)7-9-14/h4-10,12H,11H2,1-3H3,(H2,21,22,23,25). The van der Waals surface area contributed by atoms with E-state index in [1.165, 1.54) is 11.8 Å². The van der Waals surface area contributed by atoms with Crippen LogP contribution in [0.5, 0.6) is 0 Å². The molecule has 1 heterocycles. The molecule has 0 aliphatic rings. The van der Waals surface area contributed by atoms with Crippen molar-refractivity contribution in [1.29, 1.82) is 0 Å². The fraction of sp³-hybridized carbons (Fsp3) is 0.263. The predicted octanol–water partition coefficient (Wildman–Crippen LogP) is 2.93. The summed E-state index contributed by atoms with van der Waals surface area (Å²) in [5.74, 6) is -1.39. The first kappa shape index (κ1) is 20.4. The Morgan fingerprint density at radius 3 is 2.52 bits per heavy atom. The number of imide groups is 1. The zero-order chi connectivity index (χ0) is 19.8. The third kappa shape index (κ3) is 6.74. The van der Waals surface area contributed by atoms with Gasteiger partial charge in [-0.3, -0.25) is 10.1 Å². The maximum absolute atomic E-state index is 12.3. The molecule has 2 N–H and O–H groups in total. The summed E-state index contributed by atoms with van der Waals surface area (Å²) in [6.45, 7) is 4.96. The summed E-state index contributed by atoms with van der Waals surface area (Å²) in [6, 6.07) is 10.3. The first-order valence-corrected chi connectivity index (χ1v) is 9.14. The highest BCUT2D eigenvalue weighted by molar-refractivity contribution is 7.99. The van der Waals surface area contributed by atoms with Gasteiger partial charge in [0.15, 0.2) is 6.61 Å². The number of aryl methyl sites for hydroxylation is 1. The van der Waals surface area contributed by atoms with Crippen LogP contribution in [0.2, 0.25) is 0 Å². The van der Waals surface area contributed by atoms with E-state index in [0.717, 1.165) is 10.5 Å². The molecule has 8 heteroatoms. The number of ether oxygens (including phenoxy) is 1. The zero-order valence-electron chi connectivity index (χ0n) is 15.3. The van der Waals surface area contributed by atoms with Gasteiger partial charge in [0.25, 0.3) is 5.91 Å². The van der Waals surface area contributed by atoms with Crippen LogP contribution in [0.15, 0.2) is 52.5 Å². The third-order valence-corrected chi connectivity index (χ3v) is 4.26. The van der Waals surface area contributed by atoms with Crippen molar-refractivity contribution in [3.63, 3.8) is 0 Å². The van der Waals surface area contributed by atoms with E-state index in [4.69, 9.17) is 4.74 Å². The molecule has 0 radical (unpaired) electrons. The monoisotopic (exact) mass is 387 g/mol. The van der Waals surface area contributed by atoms with E-state index < -0.39 is 24.5 Å². The fourth-order valence-electron chi connectivity index (χ4n) is 2.02. The number of hydrogen-bond donors (Lipinski definition) is 2. The summed E-state index contributed by atoms with van der Waals surface area (Å²) < 4.78 is 5.01. The molecule has 0 spiro atoms. The second-order valence-corrected chi connectivity index (χ2v) is 7.09. The minimum Gasteiger partial charge on any atom is -0.452 e. The summed E-state index contributed by atoms with van der Waals surface area (Å²) >= 11 is 1.33. The van der Waals surface area contributed by atoms with Crippen LogP contribution in [0, 0.1) is 6.92 Å². The second-order valence-electron chi connectivity index (χ2n) is 6.02. The van der Waals surface area contributed by atoms with Crippen LogP contribution in [-0.4, -0.2) is 35.5 Å². The Labute approximate surface area is 161 Å². The highest BCUT2D eigenvalue weighted by atomic mass is 32.2. The average molecular weight is 387 g/mol. The number of nitrogens with zero attached hydrogens (tertiary/aromatic N) is 1. The minimum atomic E-state index is -0.710. The Morgan fingerprint density at radius 1 is 1.15 bits per heavy atom. The molecule has 2 rings (SSSR count). The van der Waals surface area contributed by atoms with Gasteiger partial charge < -0.3 is 10.1 Å². The van der Waals surface area contributed by atoms with E-state index in [0.29, 0.717) is 5.03 Å². The average Bonchev–Trinajstić information content (AvgIpc) is 2.61. The van der Waals surface area contributed by atoms with E-state index >= 15 is 0 Å². The highest BCUT2D eigenvalue weighted by Crippen LogP contribution is 2.29. The Kier molecular flexibility index (Phi) is 7.36. The third-order valence-electron chi connectivity index (χ3n) is 3.23. The number of urea groups is 1. The van der Waals surface area contributed by atoms with Gasteiger partial charge in [0.05, 0.1) is 5.56 Å². The van der Waals surface area contributed by atoms with Gasteiger partial charge in [-0.25, -0.2) is 14.6 Å². The first-order valence-electron chi connectivity index (χ1n) is 8.32. The summed E-state index contributed by atoms with van der Waals surface area (Å²) in [5, 5.41) is 5.08. The quantitative estimate of drug-likeness (QED) is 0.740. The summed E-state index contributed by atoms with van der Waals surface area (Å²) in [5.41, 5.74) is 1.38. The Hall–Kier alpha value is -2.87. The molecule has 0 fully saturated rings. The zero-order valence-corrected chi connectivity index (χ0v) is 16.1. The number of carbonyl (C=O) groups excluding carboxylic acids is 3. The van der Waals surface area contributed by atoms with Crippen molar-refractivity contribution in [3.8, 4) is 0 Å². The van der Waals surface area contributed by atoms with E-state index in [1.807, 2.05) is 31.2 Å². The Balaban J connectivity index is 1.97. The first-order chi connectivity index (χ1) is 12.8. The van der Waals surface area contributed by atoms with Crippen molar-refractivity contribution >= 4 is 29.7 Å². The number of nitrogens with one attached hydrogen (secondary N) is 2. The molecule has 0 aliphatic carbocycles. The molecule has 1 aromatic heterocycles. The van der Waals surface area contributed by atoms with Gasteiger partial charge in [-0.2, -0.15) is 0 Å². The van der Waals surface area contributed by atoms with Crippen LogP contribution in [0.25, 0.3) is 0 Å². The maximum atomic E-state index is 12.3. The Bertz CT molecular complexity index is 822. The number of rotatable bonds is 6. The lowest BCUT2D eigenvalue weighted by Crippen LogP contribution is -2.44. The summed E-state index contributed by atoms with van der Waals surface area (Å²) in [4.78, 5) is 40.6. The smallest absolute Gasteiger partial charge is 0.341 e. The lowest BCUT2D eigenvalue weighted by atomic mass is 10.2. The Morgan fingerprint density at radius 2 is 1.85 bits per heavy atom. The van der Waals surface area contributed by atoms with Gasteiger partial charge in [0.1, 0.15) is 5.03 Å². The molecular weight excluding hydrogens is 366 g/mol. The predicted molar refractivity (Wildman–Crippen MR) is 102 cm³/mol. The number of benzene rings is 1. The van der Waals surface area contributed by atoms with Crippen molar-refractivity contribution in [1.82, 2.24) is 15.6 Å². The molecule has 3 amide bonds. The van der Waals surface area contributed by atoms with E-state index in [2.05, 4.69) is 15.6 Å². The van der Waals surface area contributed by atoms with Crippen molar-refractivity contribution in [2.45, 2.75) is 36.7 Å². The van der Waals surface area contributed by atoms with Crippen molar-refractivity contribution in [2.75, 3.05) is 6.61 Å². The van der Waals surface area contributed by atoms with Crippen molar-refractivity contribution in [2.24, 2.45) is 0 Å². The van der Waals surface area contributed by atoms with Gasteiger partial charge in [-0.05, 0) is 45.0 Å². The molecule has 0 atom stereocenters. The lowest BCUT2D eigenvalue weighted by molar-refractivity contribution is -0.123. The molecule has 2 aromatic rings. The van der Waals surface area contributed by atoms with Crippen LogP contribution in [-0.2, 0) is 9.53 Å². The SMILES string of the molecule is Cc1ccc(Sc2ncccc2C(=O)OCC(=O)NC(=O)NC(C)C)cc1. The topological polar surface area (TPSA) is 97.4 Å². The van der Waals surface area contributed by atoms with E-state index in [1.54, 1.807) is 32.2 Å². The van der Waals surface area contributed by atoms with Crippen LogP contribution >= 0.6 is 11.8 Å². The number of pyridine rings is 1. The minimum absolute atomic E-state index is 0.114. The fourth-order valence-corrected chi connectivity index (χ4v) is 2.89. The molecule has 0 saturated heterocycles. The van der Waals surface area contributed by atoms with E-state index in [9.17, 15) is 14.4 Å². The number of aromatic nitrogens is 1. The van der Waals surface area contributed by atoms with Crippen molar-refractivity contribution in [3.05, 3.63) is 53.7 Å². The largest absolute Gasteiger partial charge is 0.452 e. The molecule has 27 heavy (non-hydrogen) atoms. The molecule has 0 aliphatic heterocycles. The van der Waals surface area contributed by atoms with Crippen LogP contribution in [0.3, 0.4) is 0 Å². The lowest BCUT2D eigenvalue weighted by Gasteiger charge is -2.10. The second kappa shape index (κ2) is 9.72. The molecule has 7 nitrogen and oxygen atoms in total. The van der Waals surface area contributed by atoms with Gasteiger partial charge in [0.2, 0.25) is 0 Å². The van der Waals surface area contributed by atoms with E-state index in [-0.39, 0.29) is 11.6 Å². The van der Waals surface area contributed by atoms with Crippen molar-refractivity contribution < 1.29 is 19.1 Å². The van der Waals surface area contributed by atoms with Gasteiger partial charge in [-0.1, -0.05) is 29.5 Å². The number of carbonyl (C=O) groups is 3. The summed E-state index contributed by atoms with van der Waals surface area (Å²) in [6.07, 6.45) is 1.58. The van der Waals surface area contributed by atoms with Gasteiger partial charge >= 0.3 is 12.0 Å². The number of hydrogen-bond acceptors (Lipinski definition) is 6. The van der Waals surface area contributed by atoms with Crippen LogP contribution in [0.4, 0.5) is 4.79 Å². The van der Waals surface area contributed by atoms with Crippen LogP contribution in [0.1, 0.15) is 29.8 Å². The molecule has 0 bridgehead atoms. The molecule has 142 valence electrons. The molecular formula is C19H21N3O4S. The van der Waals surface area contributed by atoms with Gasteiger partial charge in [-0.15, -0.1) is 0 Å². The molecule has 1 aromatic carbocycles. The van der Waals surface area contributed by atoms with Gasteiger partial charge in [0, 0.05) is 17.1 Å². The normalized spacial score (nSPS) is 10.4.